The second kappa shape index (κ2) is 5.02. The van der Waals surface area contributed by atoms with Gasteiger partial charge in [0.1, 0.15) is 0 Å². The van der Waals surface area contributed by atoms with Crippen molar-refractivity contribution in [3.63, 3.8) is 0 Å². The topological polar surface area (TPSA) is 106 Å². The van der Waals surface area contributed by atoms with Gasteiger partial charge >= 0.3 is 11.9 Å². The van der Waals surface area contributed by atoms with Crippen LogP contribution in [0.3, 0.4) is 0 Å². The molecule has 1 aromatic rings. The molecule has 4 fully saturated rings. The zero-order chi connectivity index (χ0) is 16.2. The summed E-state index contributed by atoms with van der Waals surface area (Å²) in [6, 6.07) is 0. The summed E-state index contributed by atoms with van der Waals surface area (Å²) in [5.41, 5.74) is -1.00. The molecule has 2 aliphatic heterocycles. The number of aliphatic carboxylic acids is 1. The quantitative estimate of drug-likeness (QED) is 0.651. The van der Waals surface area contributed by atoms with Crippen LogP contribution in [-0.2, 0) is 14.3 Å². The van der Waals surface area contributed by atoms with E-state index in [1.807, 2.05) is 11.9 Å². The number of carbonyl (C=O) groups excluding carboxylic acids is 1. The molecule has 3 atom stereocenters. The molecular formula is C15H19N3O5. The highest BCUT2D eigenvalue weighted by atomic mass is 16.6. The lowest BCUT2D eigenvalue weighted by Gasteiger charge is -2.54. The van der Waals surface area contributed by atoms with E-state index in [1.165, 1.54) is 0 Å². The first-order valence-electron chi connectivity index (χ1n) is 8.00. The Hall–Kier alpha value is -1.96. The molecule has 8 nitrogen and oxygen atoms in total. The van der Waals surface area contributed by atoms with E-state index in [1.54, 1.807) is 0 Å². The lowest BCUT2D eigenvalue weighted by molar-refractivity contribution is -0.223. The molecule has 0 radical (unpaired) electrons. The minimum Gasteiger partial charge on any atom is -0.473 e. The Bertz CT molecular complexity index is 655. The van der Waals surface area contributed by atoms with Gasteiger partial charge in [0.05, 0.1) is 5.92 Å². The largest absolute Gasteiger partial charge is 0.473 e. The highest BCUT2D eigenvalue weighted by Gasteiger charge is 2.57. The van der Waals surface area contributed by atoms with E-state index < -0.39 is 17.7 Å². The Morgan fingerprint density at radius 2 is 2.17 bits per heavy atom. The van der Waals surface area contributed by atoms with Crippen LogP contribution in [0.2, 0.25) is 0 Å². The van der Waals surface area contributed by atoms with Gasteiger partial charge in [0.15, 0.2) is 11.5 Å². The first-order chi connectivity index (χ1) is 11.0. The molecule has 1 aromatic heterocycles. The van der Waals surface area contributed by atoms with Gasteiger partial charge in [0.2, 0.25) is 5.89 Å². The Morgan fingerprint density at radius 1 is 1.39 bits per heavy atom. The minimum atomic E-state index is -1.58. The number of piperidine rings is 2. The summed E-state index contributed by atoms with van der Waals surface area (Å²) in [7, 11) is 1.85. The predicted octanol–water partition coefficient (Wildman–Crippen LogP) is 1.10. The molecule has 124 valence electrons. The van der Waals surface area contributed by atoms with Crippen molar-refractivity contribution < 1.29 is 24.0 Å². The molecule has 5 rings (SSSR count). The first kappa shape index (κ1) is 14.6. The maximum absolute atomic E-state index is 11.7. The fourth-order valence-electron chi connectivity index (χ4n) is 3.98. The Labute approximate surface area is 132 Å². The van der Waals surface area contributed by atoms with Crippen LogP contribution in [0, 0.1) is 5.92 Å². The number of hydrogen-bond donors (Lipinski definition) is 1. The Morgan fingerprint density at radius 3 is 2.83 bits per heavy atom. The van der Waals surface area contributed by atoms with Gasteiger partial charge in [-0.1, -0.05) is 5.16 Å². The smallest absolute Gasteiger partial charge is 0.419 e. The van der Waals surface area contributed by atoms with Crippen molar-refractivity contribution in [2.45, 2.75) is 49.7 Å². The fraction of sp³-hybridized carbons (Fsp3) is 0.733. The number of fused-ring (bicyclic) bond motifs is 3. The first-order valence-corrected chi connectivity index (χ1v) is 8.00. The highest BCUT2D eigenvalue weighted by Crippen LogP contribution is 2.51. The second-order valence-electron chi connectivity index (χ2n) is 6.88. The Kier molecular flexibility index (Phi) is 3.19. The van der Waals surface area contributed by atoms with E-state index in [2.05, 4.69) is 10.1 Å². The molecule has 2 bridgehead atoms. The summed E-state index contributed by atoms with van der Waals surface area (Å²) in [4.78, 5) is 29.1. The van der Waals surface area contributed by atoms with Crippen molar-refractivity contribution in [1.82, 2.24) is 15.0 Å². The average molecular weight is 321 g/mol. The van der Waals surface area contributed by atoms with E-state index >= 15 is 0 Å². The van der Waals surface area contributed by atoms with Crippen LogP contribution in [0.1, 0.15) is 55.7 Å². The SMILES string of the molecule is CN1CC2CCC1(OC(=O)C(=O)O)C(c1nc(C3CC3)no1)C2. The normalized spacial score (nSPS) is 33.6. The molecule has 2 saturated carbocycles. The van der Waals surface area contributed by atoms with E-state index in [-0.39, 0.29) is 5.92 Å². The van der Waals surface area contributed by atoms with E-state index in [9.17, 15) is 9.59 Å². The summed E-state index contributed by atoms with van der Waals surface area (Å²) in [5, 5.41) is 13.0. The third-order valence-electron chi connectivity index (χ3n) is 5.34. The molecule has 2 aliphatic carbocycles. The number of nitrogens with zero attached hydrogens (tertiary/aromatic N) is 3. The number of carbonyl (C=O) groups is 2. The standard InChI is InChI=1S/C15H19N3O5/c1-18-7-8-4-5-15(18,22-14(21)13(19)20)10(6-8)12-16-11(17-23-12)9-2-3-9/h8-10H,2-7H2,1H3,(H,19,20). The van der Waals surface area contributed by atoms with Crippen LogP contribution >= 0.6 is 0 Å². The van der Waals surface area contributed by atoms with Crippen molar-refractivity contribution >= 4 is 11.9 Å². The average Bonchev–Trinajstić information content (AvgIpc) is 3.26. The lowest BCUT2D eigenvalue weighted by atomic mass is 9.70. The number of ether oxygens (including phenoxy) is 1. The monoisotopic (exact) mass is 321 g/mol. The van der Waals surface area contributed by atoms with Gasteiger partial charge in [-0.25, -0.2) is 9.59 Å². The van der Waals surface area contributed by atoms with Gasteiger partial charge in [-0.05, 0) is 38.6 Å². The van der Waals surface area contributed by atoms with E-state index in [0.29, 0.717) is 30.0 Å². The number of rotatable bonds is 3. The van der Waals surface area contributed by atoms with Crippen molar-refractivity contribution in [1.29, 1.82) is 0 Å². The summed E-state index contributed by atoms with van der Waals surface area (Å²) in [5.74, 6) is -1.07. The summed E-state index contributed by atoms with van der Waals surface area (Å²) >= 11 is 0. The molecule has 1 N–H and O–H groups in total. The summed E-state index contributed by atoms with van der Waals surface area (Å²) in [6.07, 6.45) is 4.40. The summed E-state index contributed by atoms with van der Waals surface area (Å²) < 4.78 is 10.9. The van der Waals surface area contributed by atoms with Crippen LogP contribution in [0.25, 0.3) is 0 Å². The van der Waals surface area contributed by atoms with E-state index in [0.717, 1.165) is 32.2 Å². The van der Waals surface area contributed by atoms with Crippen molar-refractivity contribution in [3.05, 3.63) is 11.7 Å². The summed E-state index contributed by atoms with van der Waals surface area (Å²) in [6.45, 7) is 0.771. The molecular weight excluding hydrogens is 302 g/mol. The predicted molar refractivity (Wildman–Crippen MR) is 75.4 cm³/mol. The van der Waals surface area contributed by atoms with Gasteiger partial charge in [-0.3, -0.25) is 4.90 Å². The van der Waals surface area contributed by atoms with Crippen molar-refractivity contribution in [3.8, 4) is 0 Å². The molecule has 0 amide bonds. The maximum atomic E-state index is 11.7. The van der Waals surface area contributed by atoms with Crippen LogP contribution in [0.5, 0.6) is 0 Å². The number of aromatic nitrogens is 2. The molecule has 3 unspecified atom stereocenters. The third kappa shape index (κ3) is 2.32. The van der Waals surface area contributed by atoms with Gasteiger partial charge in [-0.15, -0.1) is 0 Å². The molecule has 3 heterocycles. The number of hydrogen-bond acceptors (Lipinski definition) is 7. The van der Waals surface area contributed by atoms with Crippen molar-refractivity contribution in [2.24, 2.45) is 5.92 Å². The molecule has 0 spiro atoms. The van der Waals surface area contributed by atoms with Gasteiger partial charge in [0, 0.05) is 18.9 Å². The number of likely N-dealkylation sites (N-methyl/N-ethyl adjacent to an activating group) is 1. The molecule has 23 heavy (non-hydrogen) atoms. The maximum Gasteiger partial charge on any atom is 0.419 e. The van der Waals surface area contributed by atoms with Crippen LogP contribution in [-0.4, -0.2) is 51.4 Å². The zero-order valence-corrected chi connectivity index (χ0v) is 12.9. The molecule has 4 aliphatic rings. The molecule has 8 heteroatoms. The van der Waals surface area contributed by atoms with Gasteiger partial charge in [0.25, 0.3) is 0 Å². The van der Waals surface area contributed by atoms with Gasteiger partial charge in [-0.2, -0.15) is 4.98 Å². The third-order valence-corrected chi connectivity index (χ3v) is 5.34. The zero-order valence-electron chi connectivity index (χ0n) is 12.9. The lowest BCUT2D eigenvalue weighted by Crippen LogP contribution is -2.63. The van der Waals surface area contributed by atoms with E-state index in [4.69, 9.17) is 14.4 Å². The minimum absolute atomic E-state index is 0.275. The highest BCUT2D eigenvalue weighted by molar-refractivity contribution is 6.28. The molecule has 0 aromatic carbocycles. The van der Waals surface area contributed by atoms with Crippen molar-refractivity contribution in [2.75, 3.05) is 13.6 Å². The van der Waals surface area contributed by atoms with Gasteiger partial charge < -0.3 is 14.4 Å². The number of carboxylic acid groups (broad SMARTS) is 1. The number of esters is 1. The van der Waals surface area contributed by atoms with Crippen LogP contribution in [0.15, 0.2) is 4.52 Å². The van der Waals surface area contributed by atoms with Crippen LogP contribution in [0.4, 0.5) is 0 Å². The molecule has 2 saturated heterocycles. The Balaban J connectivity index is 1.67. The second-order valence-corrected chi connectivity index (χ2v) is 6.88. The van der Waals surface area contributed by atoms with Crippen LogP contribution < -0.4 is 0 Å². The fourth-order valence-corrected chi connectivity index (χ4v) is 3.98. The number of carboxylic acids is 1.